The summed E-state index contributed by atoms with van der Waals surface area (Å²) < 4.78 is 6.09. The SMILES string of the molecule is [Cl-].c1ccc(CCCCOc2ccc(C[P+](c3ccccc3)(c3ccccc3)c3ccccc3)cc2)cc1. The van der Waals surface area contributed by atoms with E-state index >= 15 is 0 Å². The van der Waals surface area contributed by atoms with Crippen LogP contribution >= 0.6 is 7.26 Å². The Kier molecular flexibility index (Phi) is 10.2. The number of ether oxygens (including phenoxy) is 1. The highest BCUT2D eigenvalue weighted by atomic mass is 35.5. The van der Waals surface area contributed by atoms with Gasteiger partial charge in [0.05, 0.1) is 12.8 Å². The quantitative estimate of drug-likeness (QED) is 0.177. The molecule has 5 aromatic rings. The van der Waals surface area contributed by atoms with E-state index in [1.165, 1.54) is 27.0 Å². The van der Waals surface area contributed by atoms with Gasteiger partial charge in [0.25, 0.3) is 0 Å². The molecule has 0 radical (unpaired) electrons. The zero-order valence-corrected chi connectivity index (χ0v) is 23.3. The first kappa shape index (κ1) is 27.6. The van der Waals surface area contributed by atoms with Gasteiger partial charge in [-0.2, -0.15) is 0 Å². The number of aryl methyl sites for hydroxylation is 1. The molecule has 0 saturated heterocycles. The minimum atomic E-state index is -1.89. The third-order valence-electron chi connectivity index (χ3n) is 6.91. The largest absolute Gasteiger partial charge is 1.00 e. The lowest BCUT2D eigenvalue weighted by Crippen LogP contribution is -3.00. The molecule has 0 aliphatic carbocycles. The number of hydrogen-bond donors (Lipinski definition) is 0. The molecule has 0 aromatic heterocycles. The highest BCUT2D eigenvalue weighted by Crippen LogP contribution is 2.58. The van der Waals surface area contributed by atoms with E-state index in [1.54, 1.807) is 0 Å². The Bertz CT molecular complexity index is 1240. The minimum Gasteiger partial charge on any atom is -1.00 e. The summed E-state index contributed by atoms with van der Waals surface area (Å²) in [6.45, 7) is 0.751. The van der Waals surface area contributed by atoms with Crippen molar-refractivity contribution in [2.75, 3.05) is 6.61 Å². The monoisotopic (exact) mass is 536 g/mol. The number of hydrogen-bond acceptors (Lipinski definition) is 1. The maximum absolute atomic E-state index is 6.09. The normalized spacial score (nSPS) is 10.9. The van der Waals surface area contributed by atoms with Crippen molar-refractivity contribution in [1.82, 2.24) is 0 Å². The number of benzene rings is 5. The minimum absolute atomic E-state index is 0. The van der Waals surface area contributed by atoms with E-state index in [4.69, 9.17) is 4.74 Å². The molecule has 0 heterocycles. The van der Waals surface area contributed by atoms with Gasteiger partial charge in [0.1, 0.15) is 28.9 Å². The van der Waals surface area contributed by atoms with Crippen LogP contribution in [0, 0.1) is 0 Å². The second-order valence-electron chi connectivity index (χ2n) is 9.41. The summed E-state index contributed by atoms with van der Waals surface area (Å²) in [5.74, 6) is 0.950. The van der Waals surface area contributed by atoms with Gasteiger partial charge in [-0.3, -0.25) is 0 Å². The van der Waals surface area contributed by atoms with E-state index in [-0.39, 0.29) is 12.4 Å². The van der Waals surface area contributed by atoms with Crippen LogP contribution in [-0.2, 0) is 12.6 Å². The van der Waals surface area contributed by atoms with E-state index in [1.807, 2.05) is 0 Å². The molecule has 0 bridgehead atoms. The molecule has 5 aromatic carbocycles. The molecule has 38 heavy (non-hydrogen) atoms. The standard InChI is InChI=1S/C35H34OP.ClH/c1-5-15-30(16-6-1)17-13-14-28-36-32-26-24-31(25-27-32)29-37(33-18-7-2-8-19-33,34-20-9-3-10-21-34)35-22-11-4-12-23-35;/h1-12,15-16,18-27H,13-14,17,28-29H2;1H/q+1;/p-1. The van der Waals surface area contributed by atoms with Crippen LogP contribution in [0.5, 0.6) is 5.75 Å². The summed E-state index contributed by atoms with van der Waals surface area (Å²) in [6.07, 6.45) is 4.28. The summed E-state index contributed by atoms with van der Waals surface area (Å²) >= 11 is 0. The van der Waals surface area contributed by atoms with E-state index in [2.05, 4.69) is 146 Å². The number of halogens is 1. The van der Waals surface area contributed by atoms with Crippen molar-refractivity contribution in [2.45, 2.75) is 25.4 Å². The summed E-state index contributed by atoms with van der Waals surface area (Å²) in [4.78, 5) is 0. The first-order valence-electron chi connectivity index (χ1n) is 13.2. The third-order valence-corrected chi connectivity index (χ3v) is 11.3. The van der Waals surface area contributed by atoms with E-state index < -0.39 is 7.26 Å². The molecule has 5 rings (SSSR count). The van der Waals surface area contributed by atoms with Crippen LogP contribution in [0.3, 0.4) is 0 Å². The maximum Gasteiger partial charge on any atom is 0.119 e. The topological polar surface area (TPSA) is 9.23 Å². The smallest absolute Gasteiger partial charge is 0.119 e. The summed E-state index contributed by atoms with van der Waals surface area (Å²) in [5.41, 5.74) is 2.73. The molecule has 192 valence electrons. The Labute approximate surface area is 234 Å². The number of rotatable bonds is 11. The van der Waals surface area contributed by atoms with Crippen LogP contribution in [0.4, 0.5) is 0 Å². The predicted molar refractivity (Wildman–Crippen MR) is 160 cm³/mol. The van der Waals surface area contributed by atoms with Crippen LogP contribution in [0.1, 0.15) is 24.0 Å². The Hall–Kier alpha value is -3.38. The molecule has 0 aliphatic heterocycles. The molecule has 0 N–H and O–H groups in total. The van der Waals surface area contributed by atoms with Gasteiger partial charge in [0.15, 0.2) is 0 Å². The van der Waals surface area contributed by atoms with Gasteiger partial charge in [-0.25, -0.2) is 0 Å². The number of unbranched alkanes of at least 4 members (excludes halogenated alkanes) is 1. The van der Waals surface area contributed by atoms with Crippen LogP contribution in [0.15, 0.2) is 146 Å². The second-order valence-corrected chi connectivity index (χ2v) is 12.9. The summed E-state index contributed by atoms with van der Waals surface area (Å²) in [7, 11) is -1.89. The van der Waals surface area contributed by atoms with E-state index in [0.717, 1.165) is 37.8 Å². The first-order chi connectivity index (χ1) is 18.3. The predicted octanol–water partition coefficient (Wildman–Crippen LogP) is 4.59. The molecule has 0 aliphatic rings. The molecule has 3 heteroatoms. The zero-order chi connectivity index (χ0) is 25.2. The highest BCUT2D eigenvalue weighted by molar-refractivity contribution is 7.95. The molecule has 1 nitrogen and oxygen atoms in total. The molecular formula is C35H34ClOP. The van der Waals surface area contributed by atoms with E-state index in [9.17, 15) is 0 Å². The van der Waals surface area contributed by atoms with Crippen LogP contribution in [-0.4, -0.2) is 6.61 Å². The Morgan fingerprint density at radius 2 is 0.895 bits per heavy atom. The summed E-state index contributed by atoms with van der Waals surface area (Å²) in [6, 6.07) is 52.7. The van der Waals surface area contributed by atoms with Gasteiger partial charge in [-0.15, -0.1) is 0 Å². The maximum atomic E-state index is 6.09. The van der Waals surface area contributed by atoms with Gasteiger partial charge in [0, 0.05) is 0 Å². The van der Waals surface area contributed by atoms with Gasteiger partial charge < -0.3 is 17.1 Å². The van der Waals surface area contributed by atoms with Crippen molar-refractivity contribution in [3.63, 3.8) is 0 Å². The lowest BCUT2D eigenvalue weighted by molar-refractivity contribution is -0.00000774. The zero-order valence-electron chi connectivity index (χ0n) is 21.6. The molecule has 0 amide bonds. The average Bonchev–Trinajstić information content (AvgIpc) is 2.98. The van der Waals surface area contributed by atoms with Crippen molar-refractivity contribution in [3.05, 3.63) is 157 Å². The Morgan fingerprint density at radius 1 is 0.447 bits per heavy atom. The Balaban J connectivity index is 0.00000336. The van der Waals surface area contributed by atoms with Crippen molar-refractivity contribution in [3.8, 4) is 5.75 Å². The van der Waals surface area contributed by atoms with Crippen molar-refractivity contribution in [2.24, 2.45) is 0 Å². The molecule has 0 spiro atoms. The molecule has 0 atom stereocenters. The molecule has 0 unspecified atom stereocenters. The van der Waals surface area contributed by atoms with Crippen molar-refractivity contribution >= 4 is 23.2 Å². The average molecular weight is 537 g/mol. The van der Waals surface area contributed by atoms with Gasteiger partial charge in [0.2, 0.25) is 0 Å². The molecular weight excluding hydrogens is 503 g/mol. The lowest BCUT2D eigenvalue weighted by Gasteiger charge is -2.28. The highest BCUT2D eigenvalue weighted by Gasteiger charge is 2.45. The molecule has 0 fully saturated rings. The van der Waals surface area contributed by atoms with Crippen molar-refractivity contribution in [1.29, 1.82) is 0 Å². The first-order valence-corrected chi connectivity index (χ1v) is 15.1. The van der Waals surface area contributed by atoms with Crippen LogP contribution in [0.25, 0.3) is 0 Å². The van der Waals surface area contributed by atoms with Crippen LogP contribution in [0.2, 0.25) is 0 Å². The lowest BCUT2D eigenvalue weighted by atomic mass is 10.1. The fraction of sp³-hybridized carbons (Fsp3) is 0.143. The van der Waals surface area contributed by atoms with Gasteiger partial charge in [-0.05, 0) is 78.9 Å². The van der Waals surface area contributed by atoms with Gasteiger partial charge >= 0.3 is 0 Å². The summed E-state index contributed by atoms with van der Waals surface area (Å²) in [5, 5.41) is 4.23. The molecule has 0 saturated carbocycles. The van der Waals surface area contributed by atoms with Gasteiger partial charge in [-0.1, -0.05) is 97.1 Å². The fourth-order valence-electron chi connectivity index (χ4n) is 5.00. The fourth-order valence-corrected chi connectivity index (χ4v) is 9.24. The van der Waals surface area contributed by atoms with Crippen LogP contribution < -0.4 is 33.1 Å². The third kappa shape index (κ3) is 6.73. The van der Waals surface area contributed by atoms with E-state index in [0.29, 0.717) is 0 Å². The Morgan fingerprint density at radius 3 is 1.37 bits per heavy atom. The second kappa shape index (κ2) is 14.0. The van der Waals surface area contributed by atoms with Crippen molar-refractivity contribution < 1.29 is 17.1 Å².